The van der Waals surface area contributed by atoms with Crippen LogP contribution in [0, 0.1) is 0 Å². The topological polar surface area (TPSA) is 77.2 Å². The van der Waals surface area contributed by atoms with E-state index in [0.717, 1.165) is 6.42 Å². The van der Waals surface area contributed by atoms with Gasteiger partial charge in [0.05, 0.1) is 17.8 Å². The second-order valence-electron chi connectivity index (χ2n) is 4.14. The fourth-order valence-corrected chi connectivity index (χ4v) is 2.07. The predicted octanol–water partition coefficient (Wildman–Crippen LogP) is 2.58. The van der Waals surface area contributed by atoms with E-state index in [2.05, 4.69) is 10.1 Å². The van der Waals surface area contributed by atoms with Gasteiger partial charge in [-0.05, 0) is 24.6 Å². The summed E-state index contributed by atoms with van der Waals surface area (Å²) in [5.41, 5.74) is 0.652. The molecule has 1 heterocycles. The van der Waals surface area contributed by atoms with Crippen LogP contribution >= 0.6 is 11.6 Å². The molecule has 0 aliphatic carbocycles. The molecule has 0 saturated heterocycles. The van der Waals surface area contributed by atoms with Crippen molar-refractivity contribution in [3.05, 3.63) is 34.9 Å². The molecule has 0 spiro atoms. The number of carboxylic acids is 1. The lowest BCUT2D eigenvalue weighted by molar-refractivity contribution is 0.0683. The summed E-state index contributed by atoms with van der Waals surface area (Å²) in [6.07, 6.45) is 1.46. The molecule has 0 amide bonds. The van der Waals surface area contributed by atoms with Crippen molar-refractivity contribution in [3.8, 4) is 11.4 Å². The van der Waals surface area contributed by atoms with Crippen LogP contribution in [0.5, 0.6) is 5.75 Å². The number of aromatic carboxylic acids is 1. The van der Waals surface area contributed by atoms with Crippen LogP contribution in [0.1, 0.15) is 29.8 Å². The van der Waals surface area contributed by atoms with Gasteiger partial charge < -0.3 is 9.84 Å². The smallest absolute Gasteiger partial charge is 0.375 e. The highest BCUT2D eigenvalue weighted by Crippen LogP contribution is 2.26. The fourth-order valence-electron chi connectivity index (χ4n) is 1.81. The number of carboxylic acid groups (broad SMARTS) is 1. The van der Waals surface area contributed by atoms with Crippen molar-refractivity contribution >= 4 is 17.6 Å². The van der Waals surface area contributed by atoms with Crippen molar-refractivity contribution in [2.75, 3.05) is 7.11 Å². The number of ether oxygens (including phenoxy) is 1. The summed E-state index contributed by atoms with van der Waals surface area (Å²) in [7, 11) is 1.53. The molecule has 6 nitrogen and oxygen atoms in total. The minimum atomic E-state index is -1.15. The highest BCUT2D eigenvalue weighted by Gasteiger charge is 2.16. The van der Waals surface area contributed by atoms with Crippen LogP contribution in [0.25, 0.3) is 5.69 Å². The first kappa shape index (κ1) is 14.3. The number of hydrogen-bond donors (Lipinski definition) is 1. The third kappa shape index (κ3) is 2.75. The average Bonchev–Trinajstić information content (AvgIpc) is 2.83. The standard InChI is InChI=1S/C13H14ClN3O3/c1-3-4-11-15-12(13(18)19)16-17(11)8-5-6-10(20-2)9(14)7-8/h5-7H,3-4H2,1-2H3,(H,18,19). The first-order valence-corrected chi connectivity index (χ1v) is 6.47. The summed E-state index contributed by atoms with van der Waals surface area (Å²) in [6.45, 7) is 1.99. The van der Waals surface area contributed by atoms with Gasteiger partial charge in [-0.15, -0.1) is 5.10 Å². The van der Waals surface area contributed by atoms with Crippen molar-refractivity contribution in [2.24, 2.45) is 0 Å². The predicted molar refractivity (Wildman–Crippen MR) is 73.9 cm³/mol. The Kier molecular flexibility index (Phi) is 4.24. The molecule has 1 aromatic heterocycles. The Morgan fingerprint density at radius 3 is 2.80 bits per heavy atom. The zero-order valence-electron chi connectivity index (χ0n) is 11.1. The number of aryl methyl sites for hydroxylation is 1. The van der Waals surface area contributed by atoms with Crippen LogP contribution in [-0.2, 0) is 6.42 Å². The van der Waals surface area contributed by atoms with E-state index in [1.807, 2.05) is 6.92 Å². The lowest BCUT2D eigenvalue weighted by atomic mass is 10.3. The second-order valence-corrected chi connectivity index (χ2v) is 4.54. The number of nitrogens with zero attached hydrogens (tertiary/aromatic N) is 3. The second kappa shape index (κ2) is 5.92. The molecule has 0 aliphatic heterocycles. The molecule has 2 rings (SSSR count). The Morgan fingerprint density at radius 1 is 1.50 bits per heavy atom. The highest BCUT2D eigenvalue weighted by molar-refractivity contribution is 6.32. The number of halogens is 1. The first-order valence-electron chi connectivity index (χ1n) is 6.10. The van der Waals surface area contributed by atoms with Crippen LogP contribution in [0.15, 0.2) is 18.2 Å². The van der Waals surface area contributed by atoms with Gasteiger partial charge >= 0.3 is 5.97 Å². The maximum absolute atomic E-state index is 11.0. The zero-order valence-corrected chi connectivity index (χ0v) is 11.9. The Hall–Kier alpha value is -2.08. The third-order valence-electron chi connectivity index (χ3n) is 2.72. The minimum Gasteiger partial charge on any atom is -0.495 e. The van der Waals surface area contributed by atoms with E-state index in [1.54, 1.807) is 18.2 Å². The van der Waals surface area contributed by atoms with E-state index in [-0.39, 0.29) is 5.82 Å². The Morgan fingerprint density at radius 2 is 2.25 bits per heavy atom. The van der Waals surface area contributed by atoms with E-state index in [9.17, 15) is 4.79 Å². The molecule has 0 aliphatic rings. The maximum atomic E-state index is 11.0. The van der Waals surface area contributed by atoms with Gasteiger partial charge in [-0.25, -0.2) is 14.5 Å². The molecule has 0 saturated carbocycles. The molecule has 0 radical (unpaired) electrons. The summed E-state index contributed by atoms with van der Waals surface area (Å²) in [4.78, 5) is 15.0. The number of benzene rings is 1. The van der Waals surface area contributed by atoms with Gasteiger partial charge in [-0.3, -0.25) is 0 Å². The number of hydrogen-bond acceptors (Lipinski definition) is 4. The molecule has 20 heavy (non-hydrogen) atoms. The van der Waals surface area contributed by atoms with Crippen LogP contribution in [0.2, 0.25) is 5.02 Å². The van der Waals surface area contributed by atoms with E-state index >= 15 is 0 Å². The van der Waals surface area contributed by atoms with E-state index in [0.29, 0.717) is 28.7 Å². The number of carbonyl (C=O) groups is 1. The van der Waals surface area contributed by atoms with Crippen LogP contribution in [0.3, 0.4) is 0 Å². The van der Waals surface area contributed by atoms with Crippen molar-refractivity contribution in [2.45, 2.75) is 19.8 Å². The van der Waals surface area contributed by atoms with Crippen molar-refractivity contribution in [1.29, 1.82) is 0 Å². The van der Waals surface area contributed by atoms with Crippen LogP contribution < -0.4 is 4.74 Å². The average molecular weight is 296 g/mol. The van der Waals surface area contributed by atoms with Gasteiger partial charge in [0.1, 0.15) is 11.6 Å². The Balaban J connectivity index is 2.50. The molecular formula is C13H14ClN3O3. The number of methoxy groups -OCH3 is 1. The van der Waals surface area contributed by atoms with Crippen LogP contribution in [-0.4, -0.2) is 33.0 Å². The van der Waals surface area contributed by atoms with E-state index in [1.165, 1.54) is 11.8 Å². The summed E-state index contributed by atoms with van der Waals surface area (Å²) < 4.78 is 6.58. The molecule has 0 atom stereocenters. The van der Waals surface area contributed by atoms with E-state index in [4.69, 9.17) is 21.4 Å². The van der Waals surface area contributed by atoms with Gasteiger partial charge in [0.15, 0.2) is 0 Å². The molecule has 106 valence electrons. The Labute approximate surface area is 121 Å². The molecule has 0 fully saturated rings. The minimum absolute atomic E-state index is 0.222. The van der Waals surface area contributed by atoms with Gasteiger partial charge in [0, 0.05) is 6.42 Å². The molecule has 0 unspecified atom stereocenters. The summed E-state index contributed by atoms with van der Waals surface area (Å²) in [5.74, 6) is -0.238. The summed E-state index contributed by atoms with van der Waals surface area (Å²) in [5, 5.41) is 13.4. The SMILES string of the molecule is CCCc1nc(C(=O)O)nn1-c1ccc(OC)c(Cl)c1. The van der Waals surface area contributed by atoms with Crippen molar-refractivity contribution in [1.82, 2.24) is 14.8 Å². The molecule has 2 aromatic rings. The summed E-state index contributed by atoms with van der Waals surface area (Å²) in [6, 6.07) is 5.12. The van der Waals surface area contributed by atoms with Crippen LogP contribution in [0.4, 0.5) is 0 Å². The maximum Gasteiger partial charge on any atom is 0.375 e. The van der Waals surface area contributed by atoms with Gasteiger partial charge in [0.25, 0.3) is 5.82 Å². The molecule has 1 aromatic carbocycles. The third-order valence-corrected chi connectivity index (χ3v) is 3.01. The van der Waals surface area contributed by atoms with Crippen molar-refractivity contribution in [3.63, 3.8) is 0 Å². The normalized spacial score (nSPS) is 10.6. The summed E-state index contributed by atoms with van der Waals surface area (Å²) >= 11 is 6.08. The largest absolute Gasteiger partial charge is 0.495 e. The molecule has 0 bridgehead atoms. The van der Waals surface area contributed by atoms with Gasteiger partial charge in [-0.1, -0.05) is 18.5 Å². The van der Waals surface area contributed by atoms with Crippen molar-refractivity contribution < 1.29 is 14.6 Å². The van der Waals surface area contributed by atoms with Gasteiger partial charge in [0.2, 0.25) is 0 Å². The zero-order chi connectivity index (χ0) is 14.7. The quantitative estimate of drug-likeness (QED) is 0.917. The lowest BCUT2D eigenvalue weighted by Gasteiger charge is -2.08. The lowest BCUT2D eigenvalue weighted by Crippen LogP contribution is -2.04. The fraction of sp³-hybridized carbons (Fsp3) is 0.308. The number of aromatic nitrogens is 3. The monoisotopic (exact) mass is 295 g/mol. The van der Waals surface area contributed by atoms with E-state index < -0.39 is 5.97 Å². The molecule has 1 N–H and O–H groups in total. The first-order chi connectivity index (χ1) is 9.56. The molecular weight excluding hydrogens is 282 g/mol. The number of rotatable bonds is 5. The molecule has 7 heteroatoms. The highest BCUT2D eigenvalue weighted by atomic mass is 35.5. The van der Waals surface area contributed by atoms with Gasteiger partial charge in [-0.2, -0.15) is 0 Å². The Bertz CT molecular complexity index is 640.